The van der Waals surface area contributed by atoms with Crippen LogP contribution >= 0.6 is 0 Å². The third-order valence-electron chi connectivity index (χ3n) is 4.00. The summed E-state index contributed by atoms with van der Waals surface area (Å²) in [5, 5.41) is 6.55. The highest BCUT2D eigenvalue weighted by Gasteiger charge is 2.19. The molecule has 0 radical (unpaired) electrons. The fourth-order valence-corrected chi connectivity index (χ4v) is 2.45. The molecular weight excluding hydrogens is 340 g/mol. The Kier molecular flexibility index (Phi) is 7.70. The van der Waals surface area contributed by atoms with E-state index in [0.29, 0.717) is 12.4 Å². The summed E-state index contributed by atoms with van der Waals surface area (Å²) in [6, 6.07) is 8.23. The molecule has 1 heterocycles. The minimum atomic E-state index is -0.0411. The van der Waals surface area contributed by atoms with Crippen LogP contribution in [0.3, 0.4) is 0 Å². The summed E-state index contributed by atoms with van der Waals surface area (Å²) in [6.45, 7) is 10.4. The highest BCUT2D eigenvalue weighted by molar-refractivity contribution is 5.79. The van der Waals surface area contributed by atoms with Gasteiger partial charge in [0.2, 0.25) is 5.89 Å². The van der Waals surface area contributed by atoms with Crippen LogP contribution in [0.2, 0.25) is 0 Å². The Balaban J connectivity index is 1.78. The lowest BCUT2D eigenvalue weighted by Gasteiger charge is -2.13. The molecule has 0 saturated carbocycles. The molecule has 0 unspecified atom stereocenters. The smallest absolute Gasteiger partial charge is 0.213 e. The van der Waals surface area contributed by atoms with Gasteiger partial charge in [-0.15, -0.1) is 0 Å². The summed E-state index contributed by atoms with van der Waals surface area (Å²) in [6.07, 6.45) is 3.69. The molecule has 6 nitrogen and oxygen atoms in total. The summed E-state index contributed by atoms with van der Waals surface area (Å²) in [4.78, 5) is 8.57. The van der Waals surface area contributed by atoms with Crippen LogP contribution in [0.25, 0.3) is 0 Å². The van der Waals surface area contributed by atoms with Gasteiger partial charge < -0.3 is 19.8 Å². The second-order valence-corrected chi connectivity index (χ2v) is 7.47. The first-order valence-electron chi connectivity index (χ1n) is 9.54. The van der Waals surface area contributed by atoms with Crippen LogP contribution in [0.15, 0.2) is 39.9 Å². The largest absolute Gasteiger partial charge is 0.494 e. The second kappa shape index (κ2) is 10.00. The number of rotatable bonds is 8. The number of hydrogen-bond donors (Lipinski definition) is 2. The van der Waals surface area contributed by atoms with Crippen LogP contribution in [0.1, 0.15) is 51.3 Å². The van der Waals surface area contributed by atoms with Crippen molar-refractivity contribution in [2.75, 3.05) is 20.2 Å². The van der Waals surface area contributed by atoms with Crippen LogP contribution in [0.5, 0.6) is 5.75 Å². The van der Waals surface area contributed by atoms with Crippen molar-refractivity contribution in [3.8, 4) is 5.75 Å². The topological polar surface area (TPSA) is 71.7 Å². The molecule has 6 heteroatoms. The van der Waals surface area contributed by atoms with Crippen LogP contribution in [0, 0.1) is 0 Å². The average Bonchev–Trinajstić information content (AvgIpc) is 3.12. The minimum absolute atomic E-state index is 0.0411. The number of guanidine groups is 1. The highest BCUT2D eigenvalue weighted by atomic mass is 16.5. The van der Waals surface area contributed by atoms with Gasteiger partial charge in [-0.3, -0.25) is 4.99 Å². The van der Waals surface area contributed by atoms with Crippen LogP contribution in [0.4, 0.5) is 0 Å². The van der Waals surface area contributed by atoms with Crippen molar-refractivity contribution >= 4 is 5.96 Å². The molecule has 0 aliphatic heterocycles. The molecule has 148 valence electrons. The molecule has 0 spiro atoms. The Hall–Kier alpha value is -2.50. The zero-order valence-electron chi connectivity index (χ0n) is 17.1. The van der Waals surface area contributed by atoms with E-state index in [2.05, 4.69) is 60.4 Å². The van der Waals surface area contributed by atoms with E-state index < -0.39 is 0 Å². The van der Waals surface area contributed by atoms with E-state index in [1.54, 1.807) is 13.2 Å². The number of benzene rings is 1. The molecule has 2 rings (SSSR count). The second-order valence-electron chi connectivity index (χ2n) is 7.47. The Labute approximate surface area is 162 Å². The molecule has 0 fully saturated rings. The number of nitrogens with one attached hydrogen (secondary N) is 2. The summed E-state index contributed by atoms with van der Waals surface area (Å²) in [5.41, 5.74) is 1.19. The third kappa shape index (κ3) is 6.96. The van der Waals surface area contributed by atoms with Crippen molar-refractivity contribution in [3.63, 3.8) is 0 Å². The Morgan fingerprint density at radius 1 is 1.26 bits per heavy atom. The maximum atomic E-state index is 5.79. The van der Waals surface area contributed by atoms with Gasteiger partial charge in [0, 0.05) is 19.0 Å². The van der Waals surface area contributed by atoms with Crippen molar-refractivity contribution in [1.29, 1.82) is 0 Å². The summed E-state index contributed by atoms with van der Waals surface area (Å²) < 4.78 is 11.5. The number of nitrogens with zero attached hydrogens (tertiary/aromatic N) is 2. The van der Waals surface area contributed by atoms with Gasteiger partial charge in [0.15, 0.2) is 5.96 Å². The first-order chi connectivity index (χ1) is 12.9. The van der Waals surface area contributed by atoms with Gasteiger partial charge >= 0.3 is 0 Å². The zero-order valence-corrected chi connectivity index (χ0v) is 17.1. The zero-order chi connectivity index (χ0) is 19.7. The quantitative estimate of drug-likeness (QED) is 0.546. The van der Waals surface area contributed by atoms with Crippen LogP contribution in [-0.2, 0) is 18.4 Å². The van der Waals surface area contributed by atoms with Crippen LogP contribution in [-0.4, -0.2) is 31.1 Å². The molecule has 1 aromatic carbocycles. The maximum absolute atomic E-state index is 5.79. The Morgan fingerprint density at radius 2 is 2.07 bits per heavy atom. The Morgan fingerprint density at radius 3 is 2.74 bits per heavy atom. The molecule has 0 aliphatic rings. The summed E-state index contributed by atoms with van der Waals surface area (Å²) >= 11 is 0. The van der Waals surface area contributed by atoms with Gasteiger partial charge in [-0.2, -0.15) is 0 Å². The van der Waals surface area contributed by atoms with Crippen molar-refractivity contribution < 1.29 is 9.15 Å². The van der Waals surface area contributed by atoms with Crippen molar-refractivity contribution in [2.45, 2.75) is 52.5 Å². The molecule has 0 amide bonds. The molecule has 1 aromatic heterocycles. The maximum Gasteiger partial charge on any atom is 0.213 e. The van der Waals surface area contributed by atoms with Gasteiger partial charge in [-0.25, -0.2) is 4.98 Å². The monoisotopic (exact) mass is 372 g/mol. The molecule has 0 aliphatic carbocycles. The molecule has 2 N–H and O–H groups in total. The fraction of sp³-hybridized carbons (Fsp3) is 0.524. The Bertz CT molecular complexity index is 732. The lowest BCUT2D eigenvalue weighted by molar-refractivity contribution is 0.317. The number of aromatic nitrogens is 1. The van der Waals surface area contributed by atoms with Crippen molar-refractivity contribution in [3.05, 3.63) is 47.7 Å². The first kappa shape index (κ1) is 20.8. The molecule has 27 heavy (non-hydrogen) atoms. The predicted octanol–water partition coefficient (Wildman–Crippen LogP) is 3.67. The van der Waals surface area contributed by atoms with Crippen molar-refractivity contribution in [1.82, 2.24) is 15.6 Å². The fourth-order valence-electron chi connectivity index (χ4n) is 2.45. The minimum Gasteiger partial charge on any atom is -0.494 e. The van der Waals surface area contributed by atoms with E-state index in [1.165, 1.54) is 5.56 Å². The van der Waals surface area contributed by atoms with Gasteiger partial charge in [0.05, 0.1) is 19.3 Å². The molecular formula is C21H32N4O2. The van der Waals surface area contributed by atoms with Gasteiger partial charge in [-0.05, 0) is 30.5 Å². The number of aliphatic imine (C=N–C) groups is 1. The normalized spacial score (nSPS) is 12.1. The van der Waals surface area contributed by atoms with E-state index in [1.807, 2.05) is 12.1 Å². The summed E-state index contributed by atoms with van der Waals surface area (Å²) in [5.74, 6) is 3.19. The van der Waals surface area contributed by atoms with E-state index in [9.17, 15) is 0 Å². The van der Waals surface area contributed by atoms with Crippen LogP contribution < -0.4 is 15.4 Å². The number of ether oxygens (including phenoxy) is 1. The summed E-state index contributed by atoms with van der Waals surface area (Å²) in [7, 11) is 1.75. The molecule has 2 aromatic rings. The highest BCUT2D eigenvalue weighted by Crippen LogP contribution is 2.22. The molecule has 0 saturated heterocycles. The third-order valence-corrected chi connectivity index (χ3v) is 4.00. The molecule has 0 atom stereocenters. The van der Waals surface area contributed by atoms with Gasteiger partial charge in [0.25, 0.3) is 0 Å². The van der Waals surface area contributed by atoms with Gasteiger partial charge in [-0.1, -0.05) is 39.8 Å². The van der Waals surface area contributed by atoms with Crippen molar-refractivity contribution in [2.24, 2.45) is 4.99 Å². The van der Waals surface area contributed by atoms with E-state index >= 15 is 0 Å². The SMILES string of the molecule is CCCOc1cccc(CCNC(=NC)NCc2ncc(C(C)(C)C)o2)c1. The lowest BCUT2D eigenvalue weighted by Crippen LogP contribution is -2.37. The first-order valence-corrected chi connectivity index (χ1v) is 9.54. The molecule has 0 bridgehead atoms. The van der Waals surface area contributed by atoms with E-state index in [4.69, 9.17) is 9.15 Å². The number of hydrogen-bond acceptors (Lipinski definition) is 4. The lowest BCUT2D eigenvalue weighted by atomic mass is 9.94. The van der Waals surface area contributed by atoms with E-state index in [-0.39, 0.29) is 5.41 Å². The average molecular weight is 373 g/mol. The van der Waals surface area contributed by atoms with Gasteiger partial charge in [0.1, 0.15) is 11.5 Å². The van der Waals surface area contributed by atoms with E-state index in [0.717, 1.165) is 43.5 Å². The number of oxazole rings is 1. The predicted molar refractivity (Wildman–Crippen MR) is 109 cm³/mol. The standard InChI is InChI=1S/C21H32N4O2/c1-6-12-26-17-9-7-8-16(13-17)10-11-23-20(22-5)25-15-19-24-14-18(27-19)21(2,3)4/h7-9,13-14H,6,10-12,15H2,1-5H3,(H2,22,23,25).